The number of benzene rings is 1. The van der Waals surface area contributed by atoms with E-state index in [4.69, 9.17) is 0 Å². The topological polar surface area (TPSA) is 58.2 Å². The Morgan fingerprint density at radius 2 is 1.95 bits per heavy atom. The maximum atomic E-state index is 12.1. The molecule has 2 N–H and O–H groups in total. The summed E-state index contributed by atoms with van der Waals surface area (Å²) in [7, 11) is 0. The molecule has 0 saturated heterocycles. The van der Waals surface area contributed by atoms with Crippen LogP contribution in [-0.2, 0) is 4.79 Å². The van der Waals surface area contributed by atoms with Crippen molar-refractivity contribution in [3.8, 4) is 0 Å². The molecule has 1 aliphatic carbocycles. The highest BCUT2D eigenvalue weighted by molar-refractivity contribution is 14.1. The van der Waals surface area contributed by atoms with Crippen LogP contribution in [0.5, 0.6) is 0 Å². The highest BCUT2D eigenvalue weighted by atomic mass is 127. The molecule has 0 spiro atoms. The van der Waals surface area contributed by atoms with E-state index in [0.29, 0.717) is 17.4 Å². The van der Waals surface area contributed by atoms with Gasteiger partial charge >= 0.3 is 0 Å². The summed E-state index contributed by atoms with van der Waals surface area (Å²) in [6.45, 7) is 4.46. The van der Waals surface area contributed by atoms with Crippen LogP contribution >= 0.6 is 22.6 Å². The van der Waals surface area contributed by atoms with E-state index in [2.05, 4.69) is 47.1 Å². The predicted molar refractivity (Wildman–Crippen MR) is 95.6 cm³/mol. The molecule has 1 aromatic rings. The molecular formula is C17H23IN2O2. The Morgan fingerprint density at radius 3 is 2.68 bits per heavy atom. The van der Waals surface area contributed by atoms with Crippen molar-refractivity contribution in [2.75, 3.05) is 6.54 Å². The zero-order valence-corrected chi connectivity index (χ0v) is 15.2. The third kappa shape index (κ3) is 4.44. The molecule has 0 heterocycles. The minimum atomic E-state index is -0.204. The maximum Gasteiger partial charge on any atom is 0.252 e. The maximum absolute atomic E-state index is 12.1. The third-order valence-corrected chi connectivity index (χ3v) is 5.52. The molecule has 120 valence electrons. The minimum absolute atomic E-state index is 0.0292. The second kappa shape index (κ2) is 7.94. The van der Waals surface area contributed by atoms with Crippen LogP contribution < -0.4 is 10.6 Å². The second-order valence-corrected chi connectivity index (χ2v) is 7.27. The molecule has 22 heavy (non-hydrogen) atoms. The molecule has 0 aliphatic heterocycles. The van der Waals surface area contributed by atoms with Gasteiger partial charge in [0.1, 0.15) is 0 Å². The van der Waals surface area contributed by atoms with Gasteiger partial charge in [-0.15, -0.1) is 0 Å². The third-order valence-electron chi connectivity index (χ3n) is 4.58. The van der Waals surface area contributed by atoms with Crippen LogP contribution in [0.3, 0.4) is 0 Å². The van der Waals surface area contributed by atoms with Gasteiger partial charge in [-0.2, -0.15) is 0 Å². The van der Waals surface area contributed by atoms with Crippen molar-refractivity contribution in [1.82, 2.24) is 10.6 Å². The van der Waals surface area contributed by atoms with Gasteiger partial charge in [0.15, 0.2) is 0 Å². The smallest absolute Gasteiger partial charge is 0.252 e. The van der Waals surface area contributed by atoms with E-state index in [9.17, 15) is 9.59 Å². The van der Waals surface area contributed by atoms with Crippen LogP contribution in [0.2, 0.25) is 0 Å². The average molecular weight is 414 g/mol. The van der Waals surface area contributed by atoms with Crippen molar-refractivity contribution in [2.45, 2.75) is 39.2 Å². The van der Waals surface area contributed by atoms with E-state index in [0.717, 1.165) is 16.4 Å². The lowest BCUT2D eigenvalue weighted by molar-refractivity contribution is -0.121. The fourth-order valence-corrected chi connectivity index (χ4v) is 3.58. The van der Waals surface area contributed by atoms with Crippen LogP contribution in [-0.4, -0.2) is 24.4 Å². The lowest BCUT2D eigenvalue weighted by atomic mass is 9.78. The molecule has 3 atom stereocenters. The van der Waals surface area contributed by atoms with Crippen LogP contribution in [0.4, 0.5) is 0 Å². The van der Waals surface area contributed by atoms with Crippen molar-refractivity contribution in [2.24, 2.45) is 11.8 Å². The van der Waals surface area contributed by atoms with Gasteiger partial charge in [0.25, 0.3) is 5.91 Å². The summed E-state index contributed by atoms with van der Waals surface area (Å²) in [6.07, 6.45) is 3.42. The fourth-order valence-electron chi connectivity index (χ4n) is 2.94. The van der Waals surface area contributed by atoms with E-state index in [1.54, 1.807) is 6.07 Å². The van der Waals surface area contributed by atoms with E-state index < -0.39 is 0 Å². The van der Waals surface area contributed by atoms with E-state index in [1.165, 1.54) is 6.42 Å². The Hall–Kier alpha value is -1.11. The second-order valence-electron chi connectivity index (χ2n) is 6.10. The largest absolute Gasteiger partial charge is 0.352 e. The summed E-state index contributed by atoms with van der Waals surface area (Å²) in [5.74, 6) is 0.818. The lowest BCUT2D eigenvalue weighted by Crippen LogP contribution is -2.47. The molecule has 1 fully saturated rings. The molecule has 2 rings (SSSR count). The standard InChI is InChI=1S/C17H23IN2O2/c1-11-6-5-9-15(12(11)2)20-16(21)10-19-17(22)13-7-3-4-8-14(13)18/h3-4,7-8,11-12,15H,5-6,9-10H2,1-2H3,(H,19,22)(H,20,21)/t11-,12-,15-/m1/s1. The normalized spacial score (nSPS) is 24.6. The van der Waals surface area contributed by atoms with Crippen molar-refractivity contribution in [1.29, 1.82) is 0 Å². The van der Waals surface area contributed by atoms with Crippen LogP contribution in [0.1, 0.15) is 43.5 Å². The molecule has 0 aromatic heterocycles. The highest BCUT2D eigenvalue weighted by Gasteiger charge is 2.28. The first-order valence-corrected chi connectivity index (χ1v) is 8.89. The van der Waals surface area contributed by atoms with Gasteiger partial charge < -0.3 is 10.6 Å². The first-order chi connectivity index (χ1) is 10.5. The number of nitrogens with one attached hydrogen (secondary N) is 2. The summed E-state index contributed by atoms with van der Waals surface area (Å²) in [5, 5.41) is 5.76. The first-order valence-electron chi connectivity index (χ1n) is 7.81. The van der Waals surface area contributed by atoms with Crippen LogP contribution in [0.25, 0.3) is 0 Å². The minimum Gasteiger partial charge on any atom is -0.352 e. The molecule has 0 bridgehead atoms. The van der Waals surface area contributed by atoms with Gasteiger partial charge in [-0.05, 0) is 53.0 Å². The molecule has 5 heteroatoms. The van der Waals surface area contributed by atoms with Crippen molar-refractivity contribution < 1.29 is 9.59 Å². The van der Waals surface area contributed by atoms with E-state index in [-0.39, 0.29) is 24.4 Å². The van der Waals surface area contributed by atoms with Gasteiger partial charge in [0.2, 0.25) is 5.91 Å². The Morgan fingerprint density at radius 1 is 1.23 bits per heavy atom. The monoisotopic (exact) mass is 414 g/mol. The quantitative estimate of drug-likeness (QED) is 0.745. The number of carbonyl (C=O) groups is 2. The Labute approximate surface area is 145 Å². The zero-order valence-electron chi connectivity index (χ0n) is 13.1. The molecule has 1 aromatic carbocycles. The summed E-state index contributed by atoms with van der Waals surface area (Å²) in [4.78, 5) is 24.1. The fraction of sp³-hybridized carbons (Fsp3) is 0.529. The van der Waals surface area contributed by atoms with Gasteiger partial charge in [0.05, 0.1) is 12.1 Å². The van der Waals surface area contributed by atoms with Gasteiger partial charge in [-0.25, -0.2) is 0 Å². The Kier molecular flexibility index (Phi) is 6.23. The number of rotatable bonds is 4. The Bertz CT molecular complexity index is 547. The molecule has 1 aliphatic rings. The summed E-state index contributed by atoms with van der Waals surface area (Å²) >= 11 is 2.12. The number of hydrogen-bond acceptors (Lipinski definition) is 2. The van der Waals surface area contributed by atoms with E-state index >= 15 is 0 Å². The zero-order chi connectivity index (χ0) is 16.1. The summed E-state index contributed by atoms with van der Waals surface area (Å²) in [6, 6.07) is 7.57. The number of carbonyl (C=O) groups excluding carboxylic acids is 2. The lowest BCUT2D eigenvalue weighted by Gasteiger charge is -2.34. The van der Waals surface area contributed by atoms with Crippen LogP contribution in [0, 0.1) is 15.4 Å². The SMILES string of the molecule is C[C@@H]1[C@H](C)CCC[C@H]1NC(=O)CNC(=O)c1ccccc1I. The van der Waals surface area contributed by atoms with Crippen molar-refractivity contribution in [3.63, 3.8) is 0 Å². The van der Waals surface area contributed by atoms with Crippen LogP contribution in [0.15, 0.2) is 24.3 Å². The number of hydrogen-bond donors (Lipinski definition) is 2. The van der Waals surface area contributed by atoms with Gasteiger partial charge in [0, 0.05) is 9.61 Å². The van der Waals surface area contributed by atoms with E-state index in [1.807, 2.05) is 18.2 Å². The van der Waals surface area contributed by atoms with Gasteiger partial charge in [-0.3, -0.25) is 9.59 Å². The predicted octanol–water partition coefficient (Wildman–Crippen LogP) is 2.96. The molecule has 0 radical (unpaired) electrons. The number of halogens is 1. The van der Waals surface area contributed by atoms with Crippen molar-refractivity contribution in [3.05, 3.63) is 33.4 Å². The molecule has 2 amide bonds. The molecule has 1 saturated carbocycles. The summed E-state index contributed by atoms with van der Waals surface area (Å²) in [5.41, 5.74) is 0.607. The van der Waals surface area contributed by atoms with Gasteiger partial charge in [-0.1, -0.05) is 38.8 Å². The highest BCUT2D eigenvalue weighted by Crippen LogP contribution is 2.29. The Balaban J connectivity index is 1.83. The molecular weight excluding hydrogens is 391 g/mol. The van der Waals surface area contributed by atoms with Crippen molar-refractivity contribution >= 4 is 34.4 Å². The molecule has 4 nitrogen and oxygen atoms in total. The molecule has 0 unspecified atom stereocenters. The summed E-state index contributed by atoms with van der Waals surface area (Å²) < 4.78 is 0.882. The number of amides is 2. The average Bonchev–Trinajstić information content (AvgIpc) is 2.50. The first kappa shape index (κ1) is 17.2.